The third kappa shape index (κ3) is 3.06. The lowest BCUT2D eigenvalue weighted by atomic mass is 9.40. The van der Waals surface area contributed by atoms with Crippen molar-refractivity contribution >= 4 is 5.91 Å². The van der Waals surface area contributed by atoms with Gasteiger partial charge >= 0.3 is 0 Å². The number of rotatable bonds is 6. The van der Waals surface area contributed by atoms with Crippen molar-refractivity contribution in [3.05, 3.63) is 11.7 Å². The summed E-state index contributed by atoms with van der Waals surface area (Å²) in [5, 5.41) is 3.98. The van der Waals surface area contributed by atoms with Crippen LogP contribution in [0.25, 0.3) is 0 Å². The fraction of sp³-hybridized carbons (Fsp3) is 0.850. The predicted molar refractivity (Wildman–Crippen MR) is 96.2 cm³/mol. The summed E-state index contributed by atoms with van der Waals surface area (Å²) in [5.41, 5.74) is 0.488. The van der Waals surface area contributed by atoms with E-state index in [9.17, 15) is 4.79 Å². The van der Waals surface area contributed by atoms with Gasteiger partial charge in [0.2, 0.25) is 11.8 Å². The normalized spacial score (nSPS) is 37.9. The van der Waals surface area contributed by atoms with Crippen LogP contribution in [0.1, 0.15) is 64.1 Å². The molecule has 0 aliphatic heterocycles. The first-order chi connectivity index (χ1) is 12.2. The van der Waals surface area contributed by atoms with Gasteiger partial charge in [0.25, 0.3) is 0 Å². The molecular formula is C20H31N3O3. The topological polar surface area (TPSA) is 68.5 Å². The largest absolute Gasteiger partial charge is 0.384 e. The first kappa shape index (κ1) is 18.0. The summed E-state index contributed by atoms with van der Waals surface area (Å²) in [5.74, 6) is 2.13. The third-order valence-corrected chi connectivity index (χ3v) is 6.84. The van der Waals surface area contributed by atoms with Crippen LogP contribution in [0.15, 0.2) is 4.52 Å². The minimum atomic E-state index is -0.184. The van der Waals surface area contributed by atoms with Crippen LogP contribution in [0.5, 0.6) is 0 Å². The second kappa shape index (κ2) is 6.04. The molecule has 144 valence electrons. The summed E-state index contributed by atoms with van der Waals surface area (Å²) in [6, 6.07) is 0. The fourth-order valence-electron chi connectivity index (χ4n) is 7.02. The van der Waals surface area contributed by atoms with Gasteiger partial charge in [0.1, 0.15) is 0 Å². The molecule has 4 saturated carbocycles. The number of aromatic nitrogens is 2. The van der Waals surface area contributed by atoms with Gasteiger partial charge in [-0.05, 0) is 55.3 Å². The maximum Gasteiger partial charge on any atom is 0.246 e. The number of methoxy groups -OCH3 is 1. The van der Waals surface area contributed by atoms with E-state index in [1.165, 1.54) is 19.3 Å². The minimum absolute atomic E-state index is 0.184. The lowest BCUT2D eigenvalue weighted by molar-refractivity contribution is -0.179. The zero-order chi connectivity index (χ0) is 18.6. The van der Waals surface area contributed by atoms with Crippen LogP contribution in [0, 0.1) is 22.2 Å². The van der Waals surface area contributed by atoms with Gasteiger partial charge in [-0.2, -0.15) is 4.98 Å². The highest BCUT2D eigenvalue weighted by atomic mass is 16.5. The summed E-state index contributed by atoms with van der Waals surface area (Å²) < 4.78 is 10.4. The van der Waals surface area contributed by atoms with Crippen LogP contribution < -0.4 is 0 Å². The molecule has 0 saturated heterocycles. The first-order valence-corrected chi connectivity index (χ1v) is 9.81. The Morgan fingerprint density at radius 2 is 1.92 bits per heavy atom. The number of hydrogen-bond donors (Lipinski definition) is 0. The molecule has 4 fully saturated rings. The molecule has 0 aromatic carbocycles. The lowest BCUT2D eigenvalue weighted by Gasteiger charge is -2.65. The molecule has 0 N–H and O–H groups in total. The zero-order valence-corrected chi connectivity index (χ0v) is 16.5. The summed E-state index contributed by atoms with van der Waals surface area (Å²) in [6.07, 6.45) is 7.64. The Labute approximate surface area is 155 Å². The average Bonchev–Trinajstić information content (AvgIpc) is 2.96. The molecule has 26 heavy (non-hydrogen) atoms. The van der Waals surface area contributed by atoms with Crippen molar-refractivity contribution in [2.24, 2.45) is 22.2 Å². The van der Waals surface area contributed by atoms with Crippen molar-refractivity contribution in [3.63, 3.8) is 0 Å². The number of amides is 1. The second-order valence-corrected chi connectivity index (χ2v) is 9.92. The maximum atomic E-state index is 13.5. The predicted octanol–water partition coefficient (Wildman–Crippen LogP) is 3.21. The molecular weight excluding hydrogens is 330 g/mol. The molecule has 2 atom stereocenters. The van der Waals surface area contributed by atoms with Crippen LogP contribution >= 0.6 is 0 Å². The van der Waals surface area contributed by atoms with E-state index >= 15 is 0 Å². The standard InChI is InChI=1S/C20H31N3O3/c1-18-7-14-8-19(2,11-18)13-20(9-14,12-18)17(24)23(3)10-16-21-15(22-26-16)5-6-25-4/h14H,5-13H2,1-4H3. The Bertz CT molecular complexity index is 682. The SMILES string of the molecule is COCCc1noc(CN(C)C(=O)C23CC4CC(C)(CC(C)(C4)C2)C3)n1. The number of ether oxygens (including phenoxy) is 1. The molecule has 5 rings (SSSR count). The third-order valence-electron chi connectivity index (χ3n) is 6.84. The lowest BCUT2D eigenvalue weighted by Crippen LogP contribution is -2.59. The van der Waals surface area contributed by atoms with E-state index in [1.54, 1.807) is 7.11 Å². The Balaban J connectivity index is 1.48. The van der Waals surface area contributed by atoms with Gasteiger partial charge in [-0.25, -0.2) is 0 Å². The Hall–Kier alpha value is -1.43. The highest BCUT2D eigenvalue weighted by Gasteiger charge is 2.63. The van der Waals surface area contributed by atoms with Crippen molar-refractivity contribution in [2.75, 3.05) is 20.8 Å². The highest BCUT2D eigenvalue weighted by molar-refractivity contribution is 5.83. The Morgan fingerprint density at radius 3 is 2.54 bits per heavy atom. The molecule has 6 heteroatoms. The summed E-state index contributed by atoms with van der Waals surface area (Å²) >= 11 is 0. The molecule has 0 radical (unpaired) electrons. The van der Waals surface area contributed by atoms with E-state index in [2.05, 4.69) is 24.0 Å². The van der Waals surface area contributed by atoms with Crippen LogP contribution in [-0.4, -0.2) is 41.7 Å². The van der Waals surface area contributed by atoms with Crippen molar-refractivity contribution in [3.8, 4) is 0 Å². The Kier molecular flexibility index (Phi) is 4.17. The smallest absolute Gasteiger partial charge is 0.246 e. The molecule has 1 amide bonds. The molecule has 4 bridgehead atoms. The van der Waals surface area contributed by atoms with Crippen LogP contribution in [0.3, 0.4) is 0 Å². The number of hydrogen-bond acceptors (Lipinski definition) is 5. The van der Waals surface area contributed by atoms with E-state index in [0.29, 0.717) is 48.0 Å². The van der Waals surface area contributed by atoms with Crippen molar-refractivity contribution < 1.29 is 14.1 Å². The average molecular weight is 361 g/mol. The Morgan fingerprint density at radius 1 is 1.23 bits per heavy atom. The summed E-state index contributed by atoms with van der Waals surface area (Å²) in [7, 11) is 3.53. The molecule has 6 nitrogen and oxygen atoms in total. The molecule has 1 heterocycles. The summed E-state index contributed by atoms with van der Waals surface area (Å²) in [4.78, 5) is 19.7. The van der Waals surface area contributed by atoms with Gasteiger partial charge in [0.05, 0.1) is 18.6 Å². The van der Waals surface area contributed by atoms with Gasteiger partial charge in [-0.3, -0.25) is 4.79 Å². The molecule has 1 aromatic heterocycles. The fourth-order valence-corrected chi connectivity index (χ4v) is 7.02. The van der Waals surface area contributed by atoms with Crippen molar-refractivity contribution in [1.29, 1.82) is 0 Å². The minimum Gasteiger partial charge on any atom is -0.384 e. The van der Waals surface area contributed by atoms with Gasteiger partial charge < -0.3 is 14.2 Å². The second-order valence-electron chi connectivity index (χ2n) is 9.92. The van der Waals surface area contributed by atoms with E-state index in [1.807, 2.05) is 11.9 Å². The number of carbonyl (C=O) groups is 1. The van der Waals surface area contributed by atoms with E-state index in [-0.39, 0.29) is 11.3 Å². The molecule has 1 aromatic rings. The van der Waals surface area contributed by atoms with Gasteiger partial charge in [-0.1, -0.05) is 19.0 Å². The van der Waals surface area contributed by atoms with Crippen LogP contribution in [0.2, 0.25) is 0 Å². The van der Waals surface area contributed by atoms with Gasteiger partial charge in [0.15, 0.2) is 5.82 Å². The van der Waals surface area contributed by atoms with E-state index < -0.39 is 0 Å². The van der Waals surface area contributed by atoms with E-state index in [4.69, 9.17) is 9.26 Å². The number of carbonyl (C=O) groups excluding carboxylic acids is 1. The van der Waals surface area contributed by atoms with Crippen LogP contribution in [0.4, 0.5) is 0 Å². The van der Waals surface area contributed by atoms with Gasteiger partial charge in [-0.15, -0.1) is 0 Å². The summed E-state index contributed by atoms with van der Waals surface area (Å²) in [6.45, 7) is 5.75. The number of nitrogens with zero attached hydrogens (tertiary/aromatic N) is 3. The zero-order valence-electron chi connectivity index (χ0n) is 16.5. The van der Waals surface area contributed by atoms with E-state index in [0.717, 1.165) is 19.3 Å². The highest BCUT2D eigenvalue weighted by Crippen LogP contribution is 2.69. The van der Waals surface area contributed by atoms with Crippen molar-refractivity contribution in [1.82, 2.24) is 15.0 Å². The quantitative estimate of drug-likeness (QED) is 0.778. The maximum absolute atomic E-state index is 13.5. The molecule has 4 aliphatic rings. The van der Waals surface area contributed by atoms with Crippen LogP contribution in [-0.2, 0) is 22.5 Å². The van der Waals surface area contributed by atoms with Gasteiger partial charge in [0, 0.05) is 20.6 Å². The molecule has 0 spiro atoms. The van der Waals surface area contributed by atoms with Crippen molar-refractivity contribution in [2.45, 2.75) is 65.3 Å². The monoisotopic (exact) mass is 361 g/mol. The molecule has 4 aliphatic carbocycles. The molecule has 2 unspecified atom stereocenters. The first-order valence-electron chi connectivity index (χ1n) is 9.81.